The molecule has 1 fully saturated rings. The lowest BCUT2D eigenvalue weighted by Gasteiger charge is -2.18. The lowest BCUT2D eigenvalue weighted by Crippen LogP contribution is -2.22. The molecule has 10 heteroatoms. The highest BCUT2D eigenvalue weighted by Gasteiger charge is 2.23. The molecule has 1 aliphatic heterocycles. The molecule has 4 rings (SSSR count). The second-order valence-electron chi connectivity index (χ2n) is 6.40. The number of tetrazole rings is 1. The highest BCUT2D eigenvalue weighted by Crippen LogP contribution is 2.30. The molecule has 27 heavy (non-hydrogen) atoms. The number of aromatic nitrogens is 7. The minimum Gasteiger partial charge on any atom is -0.341 e. The van der Waals surface area contributed by atoms with Gasteiger partial charge in [0.25, 0.3) is 0 Å². The van der Waals surface area contributed by atoms with E-state index < -0.39 is 0 Å². The van der Waals surface area contributed by atoms with Gasteiger partial charge in [-0.2, -0.15) is 0 Å². The number of halogens is 1. The molecule has 0 bridgehead atoms. The summed E-state index contributed by atoms with van der Waals surface area (Å²) in [4.78, 5) is 2.28. The van der Waals surface area contributed by atoms with Crippen molar-refractivity contribution >= 4 is 29.3 Å². The van der Waals surface area contributed by atoms with Gasteiger partial charge in [-0.15, -0.1) is 15.3 Å². The Morgan fingerprint density at radius 2 is 2.00 bits per heavy atom. The average Bonchev–Trinajstić information content (AvgIpc) is 3.41. The molecule has 1 aliphatic rings. The van der Waals surface area contributed by atoms with E-state index >= 15 is 0 Å². The molecule has 0 saturated carbocycles. The van der Waals surface area contributed by atoms with Crippen molar-refractivity contribution in [2.45, 2.75) is 43.6 Å². The summed E-state index contributed by atoms with van der Waals surface area (Å²) in [5, 5.41) is 22.4. The van der Waals surface area contributed by atoms with Gasteiger partial charge in [0.15, 0.2) is 11.0 Å². The van der Waals surface area contributed by atoms with Crippen LogP contribution in [0, 0.1) is 0 Å². The normalized spacial score (nSPS) is 14.2. The Kier molecular flexibility index (Phi) is 5.58. The summed E-state index contributed by atoms with van der Waals surface area (Å²) in [7, 11) is 0. The van der Waals surface area contributed by atoms with E-state index in [1.165, 1.54) is 12.8 Å². The fourth-order valence-electron chi connectivity index (χ4n) is 3.16. The molecule has 142 valence electrons. The smallest absolute Gasteiger partial charge is 0.232 e. The third kappa shape index (κ3) is 3.93. The zero-order valence-electron chi connectivity index (χ0n) is 15.1. The molecule has 3 aromatic rings. The first kappa shape index (κ1) is 18.2. The van der Waals surface area contributed by atoms with E-state index in [4.69, 9.17) is 11.6 Å². The Hall–Kier alpha value is -2.13. The summed E-state index contributed by atoms with van der Waals surface area (Å²) < 4.78 is 3.92. The lowest BCUT2D eigenvalue weighted by atomic mass is 10.3. The number of rotatable bonds is 7. The van der Waals surface area contributed by atoms with E-state index in [0.29, 0.717) is 10.8 Å². The van der Waals surface area contributed by atoms with Crippen molar-refractivity contribution in [2.75, 3.05) is 18.0 Å². The fourth-order valence-corrected chi connectivity index (χ4v) is 4.22. The van der Waals surface area contributed by atoms with Crippen LogP contribution in [-0.2, 0) is 12.3 Å². The first-order valence-corrected chi connectivity index (χ1v) is 10.5. The van der Waals surface area contributed by atoms with E-state index in [-0.39, 0.29) is 0 Å². The number of thioether (sulfide) groups is 1. The van der Waals surface area contributed by atoms with Gasteiger partial charge in [-0.3, -0.25) is 4.57 Å². The summed E-state index contributed by atoms with van der Waals surface area (Å²) in [6.45, 7) is 4.91. The van der Waals surface area contributed by atoms with Crippen LogP contribution in [-0.4, -0.2) is 48.1 Å². The van der Waals surface area contributed by atoms with Crippen molar-refractivity contribution in [1.82, 2.24) is 35.0 Å². The van der Waals surface area contributed by atoms with Gasteiger partial charge in [-0.25, -0.2) is 4.68 Å². The highest BCUT2D eigenvalue weighted by atomic mass is 35.5. The fraction of sp³-hybridized carbons (Fsp3) is 0.471. The number of aryl methyl sites for hydroxylation is 1. The van der Waals surface area contributed by atoms with Gasteiger partial charge < -0.3 is 4.90 Å². The van der Waals surface area contributed by atoms with E-state index in [0.717, 1.165) is 48.7 Å². The van der Waals surface area contributed by atoms with Crippen LogP contribution in [0.2, 0.25) is 5.02 Å². The monoisotopic (exact) mass is 404 g/mol. The van der Waals surface area contributed by atoms with Crippen LogP contribution in [0.5, 0.6) is 0 Å². The number of benzene rings is 1. The van der Waals surface area contributed by atoms with Crippen molar-refractivity contribution in [3.05, 3.63) is 35.1 Å². The Bertz CT molecular complexity index is 902. The zero-order valence-corrected chi connectivity index (χ0v) is 16.7. The summed E-state index contributed by atoms with van der Waals surface area (Å²) in [6.07, 6.45) is 3.34. The SMILES string of the molecule is CCCn1nnnc1CSc1nnc(N2CCCC2)n1-c1cccc(Cl)c1. The highest BCUT2D eigenvalue weighted by molar-refractivity contribution is 7.98. The van der Waals surface area contributed by atoms with Gasteiger partial charge in [0, 0.05) is 24.7 Å². The maximum absolute atomic E-state index is 6.24. The van der Waals surface area contributed by atoms with Gasteiger partial charge in [0.05, 0.1) is 11.4 Å². The van der Waals surface area contributed by atoms with E-state index in [2.05, 4.69) is 42.1 Å². The van der Waals surface area contributed by atoms with Crippen molar-refractivity contribution < 1.29 is 0 Å². The Morgan fingerprint density at radius 1 is 1.15 bits per heavy atom. The molecule has 0 radical (unpaired) electrons. The molecule has 0 N–H and O–H groups in total. The van der Waals surface area contributed by atoms with Gasteiger partial charge in [0.2, 0.25) is 5.95 Å². The van der Waals surface area contributed by atoms with Crippen LogP contribution < -0.4 is 4.90 Å². The number of anilines is 1. The standard InChI is InChI=1S/C17H21ClN8S/c1-2-8-25-15(19-22-23-25)12-27-17-21-20-16(24-9-3-4-10-24)26(17)14-7-5-6-13(18)11-14/h5-7,11H,2-4,8-10,12H2,1H3. The quantitative estimate of drug-likeness (QED) is 0.559. The largest absolute Gasteiger partial charge is 0.341 e. The maximum Gasteiger partial charge on any atom is 0.232 e. The molecule has 0 aliphatic carbocycles. The predicted molar refractivity (Wildman–Crippen MR) is 105 cm³/mol. The Balaban J connectivity index is 1.64. The van der Waals surface area contributed by atoms with Crippen molar-refractivity contribution in [1.29, 1.82) is 0 Å². The first-order chi connectivity index (χ1) is 13.3. The number of hydrogen-bond acceptors (Lipinski definition) is 7. The number of hydrogen-bond donors (Lipinski definition) is 0. The van der Waals surface area contributed by atoms with Gasteiger partial charge in [-0.05, 0) is 47.9 Å². The Labute approximate surface area is 166 Å². The summed E-state index contributed by atoms with van der Waals surface area (Å²) in [5.41, 5.74) is 0.963. The average molecular weight is 405 g/mol. The molecule has 0 spiro atoms. The van der Waals surface area contributed by atoms with Gasteiger partial charge in [0.1, 0.15) is 0 Å². The molecule has 8 nitrogen and oxygen atoms in total. The van der Waals surface area contributed by atoms with Crippen LogP contribution in [0.15, 0.2) is 29.4 Å². The summed E-state index contributed by atoms with van der Waals surface area (Å²) >= 11 is 7.82. The topological polar surface area (TPSA) is 77.5 Å². The van der Waals surface area contributed by atoms with E-state index in [1.54, 1.807) is 11.8 Å². The molecule has 3 heterocycles. The summed E-state index contributed by atoms with van der Waals surface area (Å²) in [5.74, 6) is 2.33. The molecular weight excluding hydrogens is 384 g/mol. The van der Waals surface area contributed by atoms with E-state index in [9.17, 15) is 0 Å². The first-order valence-electron chi connectivity index (χ1n) is 9.10. The second-order valence-corrected chi connectivity index (χ2v) is 7.78. The van der Waals surface area contributed by atoms with Gasteiger partial charge in [-0.1, -0.05) is 36.4 Å². The van der Waals surface area contributed by atoms with Gasteiger partial charge >= 0.3 is 0 Å². The molecule has 1 saturated heterocycles. The molecular formula is C17H21ClN8S. The molecule has 1 aromatic carbocycles. The molecule has 0 unspecified atom stereocenters. The lowest BCUT2D eigenvalue weighted by molar-refractivity contribution is 0.564. The van der Waals surface area contributed by atoms with Crippen molar-refractivity contribution in [3.8, 4) is 5.69 Å². The van der Waals surface area contributed by atoms with Crippen LogP contribution in [0.1, 0.15) is 32.0 Å². The third-order valence-corrected chi connectivity index (χ3v) is 5.60. The minimum absolute atomic E-state index is 0.631. The van der Waals surface area contributed by atoms with Crippen LogP contribution in [0.3, 0.4) is 0 Å². The van der Waals surface area contributed by atoms with Crippen LogP contribution in [0.25, 0.3) is 5.69 Å². The third-order valence-electron chi connectivity index (χ3n) is 4.44. The molecule has 2 aromatic heterocycles. The second kappa shape index (κ2) is 8.26. The zero-order chi connectivity index (χ0) is 18.6. The number of nitrogens with zero attached hydrogens (tertiary/aromatic N) is 8. The van der Waals surface area contributed by atoms with Crippen molar-refractivity contribution in [3.63, 3.8) is 0 Å². The van der Waals surface area contributed by atoms with Crippen LogP contribution >= 0.6 is 23.4 Å². The Morgan fingerprint density at radius 3 is 2.78 bits per heavy atom. The van der Waals surface area contributed by atoms with E-state index in [1.807, 2.05) is 28.9 Å². The molecule has 0 atom stereocenters. The minimum atomic E-state index is 0.631. The maximum atomic E-state index is 6.24. The van der Waals surface area contributed by atoms with Crippen LogP contribution in [0.4, 0.5) is 5.95 Å². The molecule has 0 amide bonds. The summed E-state index contributed by atoms with van der Waals surface area (Å²) in [6, 6.07) is 7.79. The van der Waals surface area contributed by atoms with Crippen molar-refractivity contribution in [2.24, 2.45) is 0 Å². The predicted octanol–water partition coefficient (Wildman–Crippen LogP) is 3.21.